The number of H-pyrrole nitrogens is 1. The zero-order chi connectivity index (χ0) is 10.3. The SMILES string of the molecule is Cc1cc(C2CCNC2)cc2cn[nH]c12. The van der Waals surface area contributed by atoms with Gasteiger partial charge in [0.05, 0.1) is 11.7 Å². The van der Waals surface area contributed by atoms with Crippen molar-refractivity contribution in [3.8, 4) is 0 Å². The Kier molecular flexibility index (Phi) is 1.99. The maximum absolute atomic E-state index is 4.09. The summed E-state index contributed by atoms with van der Waals surface area (Å²) in [5, 5.41) is 11.8. The Hall–Kier alpha value is -1.35. The normalized spacial score (nSPS) is 21.3. The summed E-state index contributed by atoms with van der Waals surface area (Å²) >= 11 is 0. The zero-order valence-electron chi connectivity index (χ0n) is 8.88. The minimum Gasteiger partial charge on any atom is -0.316 e. The van der Waals surface area contributed by atoms with Gasteiger partial charge in [-0.15, -0.1) is 0 Å². The van der Waals surface area contributed by atoms with Crippen molar-refractivity contribution in [3.05, 3.63) is 29.5 Å². The van der Waals surface area contributed by atoms with Crippen LogP contribution in [0.1, 0.15) is 23.5 Å². The molecule has 15 heavy (non-hydrogen) atoms. The van der Waals surface area contributed by atoms with Crippen LogP contribution in [0.15, 0.2) is 18.3 Å². The summed E-state index contributed by atoms with van der Waals surface area (Å²) in [6, 6.07) is 4.56. The molecule has 0 radical (unpaired) electrons. The molecule has 0 amide bonds. The van der Waals surface area contributed by atoms with Crippen LogP contribution in [-0.2, 0) is 0 Å². The van der Waals surface area contributed by atoms with Gasteiger partial charge in [0.15, 0.2) is 0 Å². The Morgan fingerprint density at radius 3 is 3.13 bits per heavy atom. The van der Waals surface area contributed by atoms with Gasteiger partial charge in [0.2, 0.25) is 0 Å². The second-order valence-electron chi connectivity index (χ2n) is 4.36. The highest BCUT2D eigenvalue weighted by molar-refractivity contribution is 5.82. The van der Waals surface area contributed by atoms with Crippen LogP contribution in [0, 0.1) is 6.92 Å². The third kappa shape index (κ3) is 1.43. The highest BCUT2D eigenvalue weighted by Crippen LogP contribution is 2.27. The lowest BCUT2D eigenvalue weighted by molar-refractivity contribution is 0.764. The molecular formula is C12H15N3. The molecule has 78 valence electrons. The molecule has 1 atom stereocenters. The summed E-state index contributed by atoms with van der Waals surface area (Å²) in [5.74, 6) is 0.683. The first-order chi connectivity index (χ1) is 7.34. The summed E-state index contributed by atoms with van der Waals surface area (Å²) in [6.07, 6.45) is 3.16. The molecule has 0 aliphatic carbocycles. The highest BCUT2D eigenvalue weighted by Gasteiger charge is 2.17. The molecular weight excluding hydrogens is 186 g/mol. The molecule has 0 spiro atoms. The van der Waals surface area contributed by atoms with Crippen molar-refractivity contribution >= 4 is 10.9 Å². The number of aryl methyl sites for hydroxylation is 1. The summed E-state index contributed by atoms with van der Waals surface area (Å²) in [6.45, 7) is 4.41. The van der Waals surface area contributed by atoms with Crippen molar-refractivity contribution in [3.63, 3.8) is 0 Å². The molecule has 2 heterocycles. The van der Waals surface area contributed by atoms with Gasteiger partial charge in [-0.2, -0.15) is 5.10 Å². The average molecular weight is 201 g/mol. The fourth-order valence-electron chi connectivity index (χ4n) is 2.44. The summed E-state index contributed by atoms with van der Waals surface area (Å²) < 4.78 is 0. The number of hydrogen-bond donors (Lipinski definition) is 2. The molecule has 2 N–H and O–H groups in total. The fraction of sp³-hybridized carbons (Fsp3) is 0.417. The molecule has 1 unspecified atom stereocenters. The van der Waals surface area contributed by atoms with Gasteiger partial charge in [-0.1, -0.05) is 6.07 Å². The van der Waals surface area contributed by atoms with E-state index in [2.05, 4.69) is 34.6 Å². The van der Waals surface area contributed by atoms with E-state index in [-0.39, 0.29) is 0 Å². The van der Waals surface area contributed by atoms with Crippen molar-refractivity contribution in [2.24, 2.45) is 0 Å². The van der Waals surface area contributed by atoms with Gasteiger partial charge in [-0.05, 0) is 43.0 Å². The Labute approximate surface area is 88.9 Å². The molecule has 0 saturated carbocycles. The highest BCUT2D eigenvalue weighted by atomic mass is 15.1. The van der Waals surface area contributed by atoms with E-state index in [1.54, 1.807) is 0 Å². The van der Waals surface area contributed by atoms with E-state index in [9.17, 15) is 0 Å². The lowest BCUT2D eigenvalue weighted by Gasteiger charge is -2.10. The van der Waals surface area contributed by atoms with Crippen LogP contribution >= 0.6 is 0 Å². The Bertz CT molecular complexity index is 481. The van der Waals surface area contributed by atoms with Crippen LogP contribution in [0.3, 0.4) is 0 Å². The van der Waals surface area contributed by atoms with Gasteiger partial charge in [-0.3, -0.25) is 5.10 Å². The van der Waals surface area contributed by atoms with Crippen LogP contribution in [0.4, 0.5) is 0 Å². The molecule has 1 aromatic heterocycles. The van der Waals surface area contributed by atoms with E-state index in [0.717, 1.165) is 13.1 Å². The number of rotatable bonds is 1. The average Bonchev–Trinajstić information content (AvgIpc) is 2.88. The number of hydrogen-bond acceptors (Lipinski definition) is 2. The molecule has 3 nitrogen and oxygen atoms in total. The van der Waals surface area contributed by atoms with Gasteiger partial charge in [0, 0.05) is 11.9 Å². The van der Waals surface area contributed by atoms with Gasteiger partial charge >= 0.3 is 0 Å². The summed E-state index contributed by atoms with van der Waals surface area (Å²) in [5.41, 5.74) is 3.92. The van der Waals surface area contributed by atoms with Crippen molar-refractivity contribution in [2.75, 3.05) is 13.1 Å². The lowest BCUT2D eigenvalue weighted by atomic mass is 9.95. The zero-order valence-corrected chi connectivity index (χ0v) is 8.88. The second-order valence-corrected chi connectivity index (χ2v) is 4.36. The smallest absolute Gasteiger partial charge is 0.0679 e. The molecule has 1 aromatic carbocycles. The molecule has 3 rings (SSSR count). The molecule has 1 saturated heterocycles. The summed E-state index contributed by atoms with van der Waals surface area (Å²) in [7, 11) is 0. The third-order valence-corrected chi connectivity index (χ3v) is 3.30. The Balaban J connectivity index is 2.11. The first-order valence-electron chi connectivity index (χ1n) is 5.49. The predicted octanol–water partition coefficient (Wildman–Crippen LogP) is 1.95. The Morgan fingerprint density at radius 1 is 1.40 bits per heavy atom. The molecule has 3 heteroatoms. The first kappa shape index (κ1) is 8.92. The van der Waals surface area contributed by atoms with Crippen LogP contribution in [0.25, 0.3) is 10.9 Å². The number of nitrogens with zero attached hydrogens (tertiary/aromatic N) is 1. The van der Waals surface area contributed by atoms with Crippen molar-refractivity contribution in [1.29, 1.82) is 0 Å². The van der Waals surface area contributed by atoms with Gasteiger partial charge in [-0.25, -0.2) is 0 Å². The van der Waals surface area contributed by atoms with E-state index in [0.29, 0.717) is 5.92 Å². The molecule has 2 aromatic rings. The number of nitrogens with one attached hydrogen (secondary N) is 2. The van der Waals surface area contributed by atoms with Gasteiger partial charge in [0.1, 0.15) is 0 Å². The van der Waals surface area contributed by atoms with E-state index < -0.39 is 0 Å². The minimum absolute atomic E-state index is 0.683. The first-order valence-corrected chi connectivity index (χ1v) is 5.49. The molecule has 1 aliphatic rings. The van der Waals surface area contributed by atoms with Crippen LogP contribution in [0.5, 0.6) is 0 Å². The standard InChI is InChI=1S/C12H15N3/c1-8-4-10(9-2-3-13-6-9)5-11-7-14-15-12(8)11/h4-5,7,9,13H,2-3,6H2,1H3,(H,14,15). The quantitative estimate of drug-likeness (QED) is 0.740. The van der Waals surface area contributed by atoms with Gasteiger partial charge in [0.25, 0.3) is 0 Å². The van der Waals surface area contributed by atoms with Crippen molar-refractivity contribution in [2.45, 2.75) is 19.3 Å². The van der Waals surface area contributed by atoms with Crippen LogP contribution in [0.2, 0.25) is 0 Å². The lowest BCUT2D eigenvalue weighted by Crippen LogP contribution is -2.08. The van der Waals surface area contributed by atoms with Crippen LogP contribution in [-0.4, -0.2) is 23.3 Å². The third-order valence-electron chi connectivity index (χ3n) is 3.30. The monoisotopic (exact) mass is 201 g/mol. The maximum atomic E-state index is 4.09. The van der Waals surface area contributed by atoms with E-state index in [4.69, 9.17) is 0 Å². The van der Waals surface area contributed by atoms with E-state index in [1.165, 1.54) is 28.5 Å². The molecule has 1 aliphatic heterocycles. The van der Waals surface area contributed by atoms with Crippen LogP contribution < -0.4 is 5.32 Å². The molecule has 1 fully saturated rings. The van der Waals surface area contributed by atoms with Crippen molar-refractivity contribution in [1.82, 2.24) is 15.5 Å². The van der Waals surface area contributed by atoms with Gasteiger partial charge < -0.3 is 5.32 Å². The van der Waals surface area contributed by atoms with E-state index >= 15 is 0 Å². The Morgan fingerprint density at radius 2 is 2.33 bits per heavy atom. The van der Waals surface area contributed by atoms with Crippen molar-refractivity contribution < 1.29 is 0 Å². The molecule has 0 bridgehead atoms. The minimum atomic E-state index is 0.683. The topological polar surface area (TPSA) is 40.7 Å². The number of fused-ring (bicyclic) bond motifs is 1. The largest absolute Gasteiger partial charge is 0.316 e. The van der Waals surface area contributed by atoms with E-state index in [1.807, 2.05) is 6.20 Å². The maximum Gasteiger partial charge on any atom is 0.0679 e. The number of aromatic nitrogens is 2. The fourth-order valence-corrected chi connectivity index (χ4v) is 2.44. The summed E-state index contributed by atoms with van der Waals surface area (Å²) in [4.78, 5) is 0. The predicted molar refractivity (Wildman–Crippen MR) is 61.1 cm³/mol. The second kappa shape index (κ2) is 3.35. The number of benzene rings is 1. The number of aromatic amines is 1.